The van der Waals surface area contributed by atoms with Crippen molar-refractivity contribution in [2.75, 3.05) is 0 Å². The summed E-state index contributed by atoms with van der Waals surface area (Å²) < 4.78 is 39.3. The van der Waals surface area contributed by atoms with E-state index in [9.17, 15) is 23.1 Å². The number of alkyl halides is 3. The summed E-state index contributed by atoms with van der Waals surface area (Å²) >= 11 is 0. The largest absolute Gasteiger partial charge is 0.573 e. The van der Waals surface area contributed by atoms with E-state index in [4.69, 9.17) is 0 Å². The molecule has 0 atom stereocenters. The molecule has 0 amide bonds. The molecule has 0 heterocycles. The van der Waals surface area contributed by atoms with Gasteiger partial charge >= 0.3 is 6.36 Å². The monoisotopic (exact) mass is 234 g/mol. The highest BCUT2D eigenvalue weighted by Crippen LogP contribution is 2.28. The number of halogens is 3. The lowest BCUT2D eigenvalue weighted by Gasteiger charge is -2.10. The molecule has 0 fully saturated rings. The number of phenols is 1. The maximum absolute atomic E-state index is 11.9. The van der Waals surface area contributed by atoms with Crippen molar-refractivity contribution >= 4 is 5.78 Å². The predicted molar refractivity (Wildman–Crippen MR) is 49.4 cm³/mol. The summed E-state index contributed by atoms with van der Waals surface area (Å²) in [7, 11) is 0. The van der Waals surface area contributed by atoms with E-state index >= 15 is 0 Å². The molecule has 0 aromatic heterocycles. The average Bonchev–Trinajstić information content (AvgIpc) is 2.18. The molecule has 16 heavy (non-hydrogen) atoms. The van der Waals surface area contributed by atoms with Gasteiger partial charge in [-0.05, 0) is 18.2 Å². The Bertz CT molecular complexity index is 399. The fraction of sp³-hybridized carbons (Fsp3) is 0.300. The summed E-state index contributed by atoms with van der Waals surface area (Å²) in [5.74, 6) is -1.34. The van der Waals surface area contributed by atoms with Gasteiger partial charge in [0.15, 0.2) is 5.78 Å². The van der Waals surface area contributed by atoms with Gasteiger partial charge in [-0.1, -0.05) is 6.92 Å². The van der Waals surface area contributed by atoms with Crippen LogP contribution in [0.5, 0.6) is 11.5 Å². The van der Waals surface area contributed by atoms with Gasteiger partial charge in [0, 0.05) is 6.42 Å². The fourth-order valence-electron chi connectivity index (χ4n) is 1.13. The number of aromatic hydroxyl groups is 1. The van der Waals surface area contributed by atoms with Gasteiger partial charge in [-0.3, -0.25) is 4.79 Å². The highest BCUT2D eigenvalue weighted by atomic mass is 19.4. The molecule has 0 saturated carbocycles. The van der Waals surface area contributed by atoms with Crippen molar-refractivity contribution in [3.8, 4) is 11.5 Å². The van der Waals surface area contributed by atoms with Gasteiger partial charge in [0.1, 0.15) is 11.5 Å². The molecule has 88 valence electrons. The van der Waals surface area contributed by atoms with Crippen LogP contribution in [0.2, 0.25) is 0 Å². The molecule has 1 aromatic rings. The fourth-order valence-corrected chi connectivity index (χ4v) is 1.13. The van der Waals surface area contributed by atoms with Crippen molar-refractivity contribution in [3.05, 3.63) is 23.8 Å². The molecule has 0 bridgehead atoms. The number of hydrogen-bond acceptors (Lipinski definition) is 3. The topological polar surface area (TPSA) is 46.5 Å². The Balaban J connectivity index is 3.03. The molecular weight excluding hydrogens is 225 g/mol. The number of ether oxygens (including phenoxy) is 1. The lowest BCUT2D eigenvalue weighted by Crippen LogP contribution is -2.17. The van der Waals surface area contributed by atoms with Gasteiger partial charge in [-0.25, -0.2) is 0 Å². The first-order valence-corrected chi connectivity index (χ1v) is 4.45. The summed E-state index contributed by atoms with van der Waals surface area (Å²) in [6, 6.07) is 2.80. The SMILES string of the molecule is CCC(=O)c1cc(OC(F)(F)F)ccc1O. The third kappa shape index (κ3) is 3.15. The number of carbonyl (C=O) groups excluding carboxylic acids is 1. The number of phenolic OH excluding ortho intramolecular Hbond substituents is 1. The van der Waals surface area contributed by atoms with Crippen LogP contribution in [0.25, 0.3) is 0 Å². The maximum atomic E-state index is 11.9. The Morgan fingerprint density at radius 1 is 1.44 bits per heavy atom. The number of carbonyl (C=O) groups is 1. The third-order valence-corrected chi connectivity index (χ3v) is 1.82. The Hall–Kier alpha value is -1.72. The Kier molecular flexibility index (Phi) is 3.41. The van der Waals surface area contributed by atoms with Crippen LogP contribution in [0.15, 0.2) is 18.2 Å². The second-order valence-electron chi connectivity index (χ2n) is 3.00. The van der Waals surface area contributed by atoms with Crippen molar-refractivity contribution in [1.29, 1.82) is 0 Å². The Morgan fingerprint density at radius 2 is 2.06 bits per heavy atom. The predicted octanol–water partition coefficient (Wildman–Crippen LogP) is 2.88. The molecule has 1 aromatic carbocycles. The smallest absolute Gasteiger partial charge is 0.507 e. The summed E-state index contributed by atoms with van der Waals surface area (Å²) in [4.78, 5) is 11.3. The van der Waals surface area contributed by atoms with Crippen LogP contribution in [0.1, 0.15) is 23.7 Å². The number of ketones is 1. The number of rotatable bonds is 3. The summed E-state index contributed by atoms with van der Waals surface area (Å²) in [5.41, 5.74) is -0.177. The summed E-state index contributed by atoms with van der Waals surface area (Å²) in [6.07, 6.45) is -4.73. The van der Waals surface area contributed by atoms with Gasteiger partial charge in [0.25, 0.3) is 0 Å². The van der Waals surface area contributed by atoms with Crippen LogP contribution < -0.4 is 4.74 Å². The standard InChI is InChI=1S/C10H9F3O3/c1-2-8(14)7-5-6(3-4-9(7)15)16-10(11,12)13/h3-5,15H,2H2,1H3. The molecule has 0 aliphatic heterocycles. The van der Waals surface area contributed by atoms with Crippen molar-refractivity contribution in [2.24, 2.45) is 0 Å². The number of Topliss-reactive ketones (excluding diaryl/α,β-unsaturated/α-hetero) is 1. The average molecular weight is 234 g/mol. The van der Waals surface area contributed by atoms with Crippen molar-refractivity contribution in [3.63, 3.8) is 0 Å². The zero-order valence-corrected chi connectivity index (χ0v) is 8.34. The minimum absolute atomic E-state index is 0.0863. The van der Waals surface area contributed by atoms with E-state index in [-0.39, 0.29) is 17.7 Å². The zero-order valence-electron chi connectivity index (χ0n) is 8.34. The molecular formula is C10H9F3O3. The number of benzene rings is 1. The van der Waals surface area contributed by atoms with Crippen LogP contribution in [-0.4, -0.2) is 17.3 Å². The quantitative estimate of drug-likeness (QED) is 0.818. The minimum Gasteiger partial charge on any atom is -0.507 e. The van der Waals surface area contributed by atoms with Gasteiger partial charge in [-0.15, -0.1) is 13.2 Å². The molecule has 0 aliphatic rings. The van der Waals surface area contributed by atoms with E-state index in [1.807, 2.05) is 0 Å². The second-order valence-corrected chi connectivity index (χ2v) is 3.00. The van der Waals surface area contributed by atoms with E-state index in [2.05, 4.69) is 4.74 Å². The Labute approximate surface area is 89.5 Å². The van der Waals surface area contributed by atoms with Crippen molar-refractivity contribution < 1.29 is 27.8 Å². The number of hydrogen-bond donors (Lipinski definition) is 1. The zero-order chi connectivity index (χ0) is 12.3. The van der Waals surface area contributed by atoms with Crippen molar-refractivity contribution in [1.82, 2.24) is 0 Å². The molecule has 0 saturated heterocycles. The molecule has 1 N–H and O–H groups in total. The lowest BCUT2D eigenvalue weighted by atomic mass is 10.1. The highest BCUT2D eigenvalue weighted by molar-refractivity contribution is 5.98. The molecule has 6 heteroatoms. The first-order chi connectivity index (χ1) is 7.33. The summed E-state index contributed by atoms with van der Waals surface area (Å²) in [6.45, 7) is 1.54. The van der Waals surface area contributed by atoms with Crippen LogP contribution in [0.4, 0.5) is 13.2 Å². The first-order valence-electron chi connectivity index (χ1n) is 4.45. The van der Waals surface area contributed by atoms with Crippen LogP contribution in [-0.2, 0) is 0 Å². The van der Waals surface area contributed by atoms with Gasteiger partial charge in [-0.2, -0.15) is 0 Å². The molecule has 0 radical (unpaired) electrons. The molecule has 3 nitrogen and oxygen atoms in total. The minimum atomic E-state index is -4.82. The Morgan fingerprint density at radius 3 is 2.56 bits per heavy atom. The van der Waals surface area contributed by atoms with Crippen LogP contribution in [0.3, 0.4) is 0 Å². The van der Waals surface area contributed by atoms with E-state index in [0.717, 1.165) is 18.2 Å². The van der Waals surface area contributed by atoms with Gasteiger partial charge < -0.3 is 9.84 Å². The molecule has 0 aliphatic carbocycles. The molecule has 0 spiro atoms. The normalized spacial score (nSPS) is 11.2. The van der Waals surface area contributed by atoms with E-state index in [1.165, 1.54) is 0 Å². The van der Waals surface area contributed by atoms with E-state index in [1.54, 1.807) is 6.92 Å². The van der Waals surface area contributed by atoms with Gasteiger partial charge in [0.05, 0.1) is 5.56 Å². The third-order valence-electron chi connectivity index (χ3n) is 1.82. The van der Waals surface area contributed by atoms with E-state index < -0.39 is 17.9 Å². The van der Waals surface area contributed by atoms with Crippen molar-refractivity contribution in [2.45, 2.75) is 19.7 Å². The summed E-state index contributed by atoms with van der Waals surface area (Å²) in [5, 5.41) is 9.28. The van der Waals surface area contributed by atoms with Gasteiger partial charge in [0.2, 0.25) is 0 Å². The van der Waals surface area contributed by atoms with Crippen LogP contribution in [0, 0.1) is 0 Å². The molecule has 1 rings (SSSR count). The van der Waals surface area contributed by atoms with E-state index in [0.29, 0.717) is 0 Å². The first kappa shape index (κ1) is 12.4. The molecule has 0 unspecified atom stereocenters. The highest BCUT2D eigenvalue weighted by Gasteiger charge is 2.31. The maximum Gasteiger partial charge on any atom is 0.573 e. The van der Waals surface area contributed by atoms with Crippen LogP contribution >= 0.6 is 0 Å². The second kappa shape index (κ2) is 4.42. The lowest BCUT2D eigenvalue weighted by molar-refractivity contribution is -0.274.